The molecular weight excluding hydrogens is 412 g/mol. The van der Waals surface area contributed by atoms with Crippen molar-refractivity contribution in [3.8, 4) is 5.75 Å². The monoisotopic (exact) mass is 430 g/mol. The lowest BCUT2D eigenvalue weighted by atomic mass is 10.2. The first-order chi connectivity index (χ1) is 13.9. The van der Waals surface area contributed by atoms with Crippen molar-refractivity contribution in [1.82, 2.24) is 10.2 Å². The molecule has 0 unspecified atom stereocenters. The number of rotatable bonds is 7. The van der Waals surface area contributed by atoms with E-state index >= 15 is 0 Å². The second-order valence-electron chi connectivity index (χ2n) is 6.22. The van der Waals surface area contributed by atoms with Crippen molar-refractivity contribution in [2.45, 2.75) is 19.8 Å². The van der Waals surface area contributed by atoms with Crippen molar-refractivity contribution in [3.63, 3.8) is 0 Å². The molecule has 29 heavy (non-hydrogen) atoms. The Kier molecular flexibility index (Phi) is 6.79. The molecule has 0 saturated carbocycles. The van der Waals surface area contributed by atoms with Crippen LogP contribution in [0.2, 0.25) is 5.02 Å². The molecule has 3 rings (SSSR count). The molecule has 0 atom stereocenters. The molecule has 0 radical (unpaired) electrons. The third-order valence-electron chi connectivity index (χ3n) is 3.94. The minimum absolute atomic E-state index is 0.184. The Labute approximate surface area is 177 Å². The third kappa shape index (κ3) is 5.75. The number of amides is 2. The molecule has 1 heterocycles. The third-order valence-corrected chi connectivity index (χ3v) is 5.16. The standard InChI is InChI=1S/C20H19ClN4O3S/c1-12-4-3-5-14(10-12)22-19(27)20-25-24-18(29-20)9-8-17(26)23-15-11-13(21)6-7-16(15)28-2/h3-7,10-11H,8-9H2,1-2H3,(H,22,27)(H,23,26). The number of hydrogen-bond donors (Lipinski definition) is 2. The van der Waals surface area contributed by atoms with Gasteiger partial charge in [0, 0.05) is 23.6 Å². The number of nitrogens with one attached hydrogen (secondary N) is 2. The molecule has 0 aliphatic rings. The average Bonchev–Trinajstić information content (AvgIpc) is 3.16. The Morgan fingerprint density at radius 3 is 2.72 bits per heavy atom. The van der Waals surface area contributed by atoms with E-state index in [-0.39, 0.29) is 23.2 Å². The Morgan fingerprint density at radius 2 is 1.97 bits per heavy atom. The molecule has 9 heteroatoms. The molecule has 0 spiro atoms. The molecule has 0 saturated heterocycles. The van der Waals surface area contributed by atoms with Crippen molar-refractivity contribution in [3.05, 3.63) is 63.1 Å². The zero-order valence-electron chi connectivity index (χ0n) is 15.9. The molecule has 0 aliphatic carbocycles. The van der Waals surface area contributed by atoms with Crippen molar-refractivity contribution in [1.29, 1.82) is 0 Å². The van der Waals surface area contributed by atoms with Gasteiger partial charge in [-0.15, -0.1) is 10.2 Å². The van der Waals surface area contributed by atoms with Crippen LogP contribution >= 0.6 is 22.9 Å². The van der Waals surface area contributed by atoms with Crippen LogP contribution in [0, 0.1) is 6.92 Å². The van der Waals surface area contributed by atoms with Gasteiger partial charge >= 0.3 is 0 Å². The Morgan fingerprint density at radius 1 is 1.14 bits per heavy atom. The zero-order valence-corrected chi connectivity index (χ0v) is 17.4. The van der Waals surface area contributed by atoms with Crippen LogP contribution in [0.4, 0.5) is 11.4 Å². The lowest BCUT2D eigenvalue weighted by Crippen LogP contribution is -2.13. The lowest BCUT2D eigenvalue weighted by Gasteiger charge is -2.10. The predicted octanol–water partition coefficient (Wildman–Crippen LogP) is 4.33. The summed E-state index contributed by atoms with van der Waals surface area (Å²) in [6, 6.07) is 12.5. The van der Waals surface area contributed by atoms with Gasteiger partial charge in [-0.2, -0.15) is 0 Å². The fourth-order valence-corrected chi connectivity index (χ4v) is 3.47. The van der Waals surface area contributed by atoms with E-state index in [1.807, 2.05) is 25.1 Å². The van der Waals surface area contributed by atoms with E-state index in [0.29, 0.717) is 33.6 Å². The summed E-state index contributed by atoms with van der Waals surface area (Å²) >= 11 is 7.13. The molecule has 3 aromatic rings. The maximum Gasteiger partial charge on any atom is 0.286 e. The van der Waals surface area contributed by atoms with Crippen LogP contribution in [0.15, 0.2) is 42.5 Å². The molecule has 0 aliphatic heterocycles. The van der Waals surface area contributed by atoms with Gasteiger partial charge < -0.3 is 15.4 Å². The Hall–Kier alpha value is -2.97. The fraction of sp³-hybridized carbons (Fsp3) is 0.200. The number of carbonyl (C=O) groups is 2. The topological polar surface area (TPSA) is 93.2 Å². The molecule has 150 valence electrons. The van der Waals surface area contributed by atoms with Crippen molar-refractivity contribution in [2.75, 3.05) is 17.7 Å². The Bertz CT molecular complexity index is 1040. The summed E-state index contributed by atoms with van der Waals surface area (Å²) in [7, 11) is 1.52. The van der Waals surface area contributed by atoms with E-state index in [1.54, 1.807) is 24.3 Å². The first kappa shape index (κ1) is 20.8. The molecule has 2 amide bonds. The van der Waals surface area contributed by atoms with Crippen LogP contribution < -0.4 is 15.4 Å². The molecule has 7 nitrogen and oxygen atoms in total. The van der Waals surface area contributed by atoms with E-state index in [1.165, 1.54) is 7.11 Å². The Balaban J connectivity index is 1.55. The number of benzene rings is 2. The number of carbonyl (C=O) groups excluding carboxylic acids is 2. The van der Waals surface area contributed by atoms with Crippen LogP contribution in [0.1, 0.15) is 26.8 Å². The zero-order chi connectivity index (χ0) is 20.8. The second kappa shape index (κ2) is 9.49. The van der Waals surface area contributed by atoms with E-state index in [2.05, 4.69) is 20.8 Å². The number of aromatic nitrogens is 2. The SMILES string of the molecule is COc1ccc(Cl)cc1NC(=O)CCc1nnc(C(=O)Nc2cccc(C)c2)s1. The molecule has 0 bridgehead atoms. The van der Waals surface area contributed by atoms with Crippen LogP contribution in [-0.2, 0) is 11.2 Å². The highest BCUT2D eigenvalue weighted by atomic mass is 35.5. The number of methoxy groups -OCH3 is 1. The van der Waals surface area contributed by atoms with E-state index in [4.69, 9.17) is 16.3 Å². The summed E-state index contributed by atoms with van der Waals surface area (Å²) in [6.07, 6.45) is 0.550. The van der Waals surface area contributed by atoms with E-state index < -0.39 is 0 Å². The van der Waals surface area contributed by atoms with Gasteiger partial charge in [0.1, 0.15) is 10.8 Å². The minimum atomic E-state index is -0.326. The highest BCUT2D eigenvalue weighted by Gasteiger charge is 2.15. The van der Waals surface area contributed by atoms with Crippen LogP contribution in [-0.4, -0.2) is 29.1 Å². The first-order valence-corrected chi connectivity index (χ1v) is 9.98. The van der Waals surface area contributed by atoms with Crippen molar-refractivity contribution < 1.29 is 14.3 Å². The van der Waals surface area contributed by atoms with Gasteiger partial charge in [-0.05, 0) is 42.8 Å². The van der Waals surface area contributed by atoms with Gasteiger partial charge in [0.05, 0.1) is 12.8 Å². The van der Waals surface area contributed by atoms with Gasteiger partial charge in [0.2, 0.25) is 10.9 Å². The number of ether oxygens (including phenoxy) is 1. The maximum absolute atomic E-state index is 12.3. The molecular formula is C20H19ClN4O3S. The van der Waals surface area contributed by atoms with Crippen LogP contribution in [0.25, 0.3) is 0 Å². The van der Waals surface area contributed by atoms with Crippen LogP contribution in [0.3, 0.4) is 0 Å². The number of hydrogen-bond acceptors (Lipinski definition) is 6. The summed E-state index contributed by atoms with van der Waals surface area (Å²) in [5.74, 6) is -0.0206. The smallest absolute Gasteiger partial charge is 0.286 e. The summed E-state index contributed by atoms with van der Waals surface area (Å²) in [6.45, 7) is 1.95. The predicted molar refractivity (Wildman–Crippen MR) is 114 cm³/mol. The first-order valence-electron chi connectivity index (χ1n) is 8.78. The summed E-state index contributed by atoms with van der Waals surface area (Å²) in [4.78, 5) is 24.6. The van der Waals surface area contributed by atoms with Gasteiger partial charge in [-0.3, -0.25) is 9.59 Å². The fourth-order valence-electron chi connectivity index (χ4n) is 2.56. The number of nitrogens with zero attached hydrogens (tertiary/aromatic N) is 2. The van der Waals surface area contributed by atoms with Crippen molar-refractivity contribution >= 4 is 46.1 Å². The lowest BCUT2D eigenvalue weighted by molar-refractivity contribution is -0.116. The molecule has 1 aromatic heterocycles. The normalized spacial score (nSPS) is 10.4. The maximum atomic E-state index is 12.3. The van der Waals surface area contributed by atoms with Crippen LogP contribution in [0.5, 0.6) is 5.75 Å². The number of halogens is 1. The average molecular weight is 431 g/mol. The summed E-state index contributed by atoms with van der Waals surface area (Å²) in [5, 5.41) is 14.8. The number of aryl methyl sites for hydroxylation is 2. The summed E-state index contributed by atoms with van der Waals surface area (Å²) < 4.78 is 5.21. The quantitative estimate of drug-likeness (QED) is 0.581. The molecule has 0 fully saturated rings. The number of anilines is 2. The molecule has 2 N–H and O–H groups in total. The van der Waals surface area contributed by atoms with E-state index in [9.17, 15) is 9.59 Å². The van der Waals surface area contributed by atoms with Gasteiger partial charge in [0.15, 0.2) is 0 Å². The molecule has 2 aromatic carbocycles. The van der Waals surface area contributed by atoms with Gasteiger partial charge in [-0.25, -0.2) is 0 Å². The van der Waals surface area contributed by atoms with Gasteiger partial charge in [-0.1, -0.05) is 35.1 Å². The largest absolute Gasteiger partial charge is 0.495 e. The highest BCUT2D eigenvalue weighted by Crippen LogP contribution is 2.28. The van der Waals surface area contributed by atoms with Crippen molar-refractivity contribution in [2.24, 2.45) is 0 Å². The summed E-state index contributed by atoms with van der Waals surface area (Å²) in [5.41, 5.74) is 2.24. The highest BCUT2D eigenvalue weighted by molar-refractivity contribution is 7.13. The minimum Gasteiger partial charge on any atom is -0.495 e. The van der Waals surface area contributed by atoms with E-state index in [0.717, 1.165) is 16.9 Å². The second-order valence-corrected chi connectivity index (χ2v) is 7.72. The van der Waals surface area contributed by atoms with Gasteiger partial charge in [0.25, 0.3) is 5.91 Å².